The van der Waals surface area contributed by atoms with Crippen molar-refractivity contribution in [2.45, 2.75) is 19.9 Å². The van der Waals surface area contributed by atoms with Crippen LogP contribution in [0.15, 0.2) is 36.7 Å². The first-order chi connectivity index (χ1) is 11.2. The minimum atomic E-state index is -0.240. The van der Waals surface area contributed by atoms with Gasteiger partial charge in [-0.2, -0.15) is 0 Å². The van der Waals surface area contributed by atoms with Crippen molar-refractivity contribution in [2.24, 2.45) is 0 Å². The quantitative estimate of drug-likeness (QED) is 0.842. The van der Waals surface area contributed by atoms with Gasteiger partial charge in [-0.05, 0) is 30.2 Å². The molecular weight excluding hydrogens is 316 g/mol. The number of pyridine rings is 1. The van der Waals surface area contributed by atoms with Gasteiger partial charge in [0.25, 0.3) is 5.91 Å². The number of nitrogens with zero attached hydrogens (tertiary/aromatic N) is 1. The second kappa shape index (κ2) is 8.39. The number of aromatic nitrogens is 1. The number of halogens is 1. The third-order valence-corrected chi connectivity index (χ3v) is 3.40. The van der Waals surface area contributed by atoms with Gasteiger partial charge < -0.3 is 14.8 Å². The Morgan fingerprint density at radius 3 is 2.87 bits per heavy atom. The maximum Gasteiger partial charge on any atom is 0.251 e. The molecule has 1 heterocycles. The van der Waals surface area contributed by atoms with Crippen LogP contribution in [-0.2, 0) is 6.54 Å². The summed E-state index contributed by atoms with van der Waals surface area (Å²) >= 11 is 6.22. The molecule has 1 N–H and O–H groups in total. The van der Waals surface area contributed by atoms with Crippen molar-refractivity contribution >= 4 is 17.5 Å². The van der Waals surface area contributed by atoms with E-state index in [-0.39, 0.29) is 5.91 Å². The lowest BCUT2D eigenvalue weighted by molar-refractivity contribution is 0.0950. The molecule has 0 unspecified atom stereocenters. The Morgan fingerprint density at radius 2 is 2.22 bits per heavy atom. The summed E-state index contributed by atoms with van der Waals surface area (Å²) in [6.45, 7) is 2.92. The van der Waals surface area contributed by atoms with Crippen LogP contribution in [0.2, 0.25) is 5.02 Å². The van der Waals surface area contributed by atoms with Crippen LogP contribution in [0, 0.1) is 0 Å². The second-order valence-corrected chi connectivity index (χ2v) is 5.29. The first-order valence-corrected chi connectivity index (χ1v) is 7.71. The number of nitrogens with one attached hydrogen (secondary N) is 1. The van der Waals surface area contributed by atoms with E-state index in [1.54, 1.807) is 24.5 Å². The first kappa shape index (κ1) is 17.1. The van der Waals surface area contributed by atoms with Gasteiger partial charge in [-0.15, -0.1) is 0 Å². The Kier molecular flexibility index (Phi) is 6.23. The van der Waals surface area contributed by atoms with E-state index in [2.05, 4.69) is 10.3 Å². The topological polar surface area (TPSA) is 60.5 Å². The average molecular weight is 335 g/mol. The molecule has 1 aromatic carbocycles. The Labute approximate surface area is 140 Å². The van der Waals surface area contributed by atoms with Gasteiger partial charge in [0.1, 0.15) is 0 Å². The molecule has 0 aliphatic carbocycles. The molecule has 0 fully saturated rings. The highest BCUT2D eigenvalue weighted by Crippen LogP contribution is 2.36. The fourth-order valence-electron chi connectivity index (χ4n) is 1.98. The Morgan fingerprint density at radius 1 is 1.39 bits per heavy atom. The number of carbonyl (C=O) groups is 1. The number of amides is 1. The van der Waals surface area contributed by atoms with Gasteiger partial charge in [0, 0.05) is 24.5 Å². The maximum absolute atomic E-state index is 12.3. The number of hydrogen-bond acceptors (Lipinski definition) is 4. The van der Waals surface area contributed by atoms with Crippen LogP contribution >= 0.6 is 11.6 Å². The van der Waals surface area contributed by atoms with Gasteiger partial charge >= 0.3 is 0 Å². The van der Waals surface area contributed by atoms with E-state index in [1.165, 1.54) is 7.11 Å². The van der Waals surface area contributed by atoms with Crippen molar-refractivity contribution in [3.05, 3.63) is 52.8 Å². The first-order valence-electron chi connectivity index (χ1n) is 7.33. The Bertz CT molecular complexity index is 662. The number of hydrogen-bond donors (Lipinski definition) is 1. The van der Waals surface area contributed by atoms with Crippen LogP contribution < -0.4 is 14.8 Å². The van der Waals surface area contributed by atoms with E-state index in [9.17, 15) is 4.79 Å². The molecule has 0 bridgehead atoms. The summed E-state index contributed by atoms with van der Waals surface area (Å²) in [7, 11) is 1.52. The van der Waals surface area contributed by atoms with E-state index in [1.807, 2.05) is 19.1 Å². The zero-order valence-corrected chi connectivity index (χ0v) is 13.9. The highest BCUT2D eigenvalue weighted by Gasteiger charge is 2.15. The minimum Gasteiger partial charge on any atom is -0.493 e. The maximum atomic E-state index is 12.3. The molecule has 1 aromatic heterocycles. The third kappa shape index (κ3) is 4.60. The van der Waals surface area contributed by atoms with Crippen LogP contribution in [0.3, 0.4) is 0 Å². The fourth-order valence-corrected chi connectivity index (χ4v) is 2.25. The molecule has 0 radical (unpaired) electrons. The molecule has 2 rings (SSSR count). The van der Waals surface area contributed by atoms with Crippen molar-refractivity contribution in [2.75, 3.05) is 13.7 Å². The molecule has 23 heavy (non-hydrogen) atoms. The monoisotopic (exact) mass is 334 g/mol. The van der Waals surface area contributed by atoms with E-state index in [0.29, 0.717) is 35.2 Å². The zero-order chi connectivity index (χ0) is 16.7. The molecule has 0 spiro atoms. The largest absolute Gasteiger partial charge is 0.493 e. The molecule has 2 aromatic rings. The molecule has 0 saturated carbocycles. The SMILES string of the molecule is CCCOc1c(Cl)cc(C(=O)NCc2cccnc2)cc1OC. The van der Waals surface area contributed by atoms with E-state index >= 15 is 0 Å². The molecule has 0 atom stereocenters. The number of benzene rings is 1. The molecule has 1 amide bonds. The van der Waals surface area contributed by atoms with Gasteiger partial charge in [-0.1, -0.05) is 24.6 Å². The lowest BCUT2D eigenvalue weighted by Crippen LogP contribution is -2.23. The number of ether oxygens (including phenoxy) is 2. The molecule has 0 aliphatic rings. The molecule has 5 nitrogen and oxygen atoms in total. The van der Waals surface area contributed by atoms with Crippen LogP contribution in [0.25, 0.3) is 0 Å². The van der Waals surface area contributed by atoms with Gasteiger partial charge in [0.05, 0.1) is 18.7 Å². The number of rotatable bonds is 7. The summed E-state index contributed by atoms with van der Waals surface area (Å²) in [5.41, 5.74) is 1.33. The van der Waals surface area contributed by atoms with Crippen molar-refractivity contribution in [3.63, 3.8) is 0 Å². The molecule has 6 heteroatoms. The van der Waals surface area contributed by atoms with Crippen LogP contribution in [0.1, 0.15) is 29.3 Å². The lowest BCUT2D eigenvalue weighted by atomic mass is 10.1. The van der Waals surface area contributed by atoms with Crippen molar-refractivity contribution in [1.82, 2.24) is 10.3 Å². The molecule has 0 saturated heterocycles. The van der Waals surface area contributed by atoms with E-state index in [4.69, 9.17) is 21.1 Å². The Hall–Kier alpha value is -2.27. The van der Waals surface area contributed by atoms with Gasteiger partial charge in [-0.25, -0.2) is 0 Å². The second-order valence-electron chi connectivity index (χ2n) is 4.88. The van der Waals surface area contributed by atoms with Gasteiger partial charge in [0.2, 0.25) is 0 Å². The predicted molar refractivity (Wildman–Crippen MR) is 89.2 cm³/mol. The summed E-state index contributed by atoms with van der Waals surface area (Å²) in [5, 5.41) is 3.17. The molecular formula is C17H19ClN2O3. The molecule has 0 aliphatic heterocycles. The highest BCUT2D eigenvalue weighted by molar-refractivity contribution is 6.32. The predicted octanol–water partition coefficient (Wildman–Crippen LogP) is 3.46. The third-order valence-electron chi connectivity index (χ3n) is 3.12. The van der Waals surface area contributed by atoms with Gasteiger partial charge in [0.15, 0.2) is 11.5 Å². The molecule has 122 valence electrons. The van der Waals surface area contributed by atoms with E-state index < -0.39 is 0 Å². The fraction of sp³-hybridized carbons (Fsp3) is 0.294. The van der Waals surface area contributed by atoms with Gasteiger partial charge in [-0.3, -0.25) is 9.78 Å². The van der Waals surface area contributed by atoms with Crippen LogP contribution in [-0.4, -0.2) is 24.6 Å². The smallest absolute Gasteiger partial charge is 0.251 e. The number of methoxy groups -OCH3 is 1. The lowest BCUT2D eigenvalue weighted by Gasteiger charge is -2.13. The van der Waals surface area contributed by atoms with Crippen molar-refractivity contribution in [3.8, 4) is 11.5 Å². The summed E-state index contributed by atoms with van der Waals surface area (Å²) < 4.78 is 10.9. The zero-order valence-electron chi connectivity index (χ0n) is 13.1. The minimum absolute atomic E-state index is 0.240. The average Bonchev–Trinajstić information content (AvgIpc) is 2.58. The van der Waals surface area contributed by atoms with Crippen LogP contribution in [0.4, 0.5) is 0 Å². The summed E-state index contributed by atoms with van der Waals surface area (Å²) in [5.74, 6) is 0.661. The number of carbonyl (C=O) groups excluding carboxylic acids is 1. The normalized spacial score (nSPS) is 10.2. The van der Waals surface area contributed by atoms with Crippen molar-refractivity contribution < 1.29 is 14.3 Å². The standard InChI is InChI=1S/C17H19ClN2O3/c1-3-7-23-16-14(18)8-13(9-15(16)22-2)17(21)20-11-12-5-4-6-19-10-12/h4-6,8-10H,3,7,11H2,1-2H3,(H,20,21). The van der Waals surface area contributed by atoms with Crippen LogP contribution in [0.5, 0.6) is 11.5 Å². The Balaban J connectivity index is 2.12. The summed E-state index contributed by atoms with van der Waals surface area (Å²) in [6.07, 6.45) is 4.24. The summed E-state index contributed by atoms with van der Waals surface area (Å²) in [4.78, 5) is 16.3. The van der Waals surface area contributed by atoms with Crippen molar-refractivity contribution in [1.29, 1.82) is 0 Å². The summed E-state index contributed by atoms with van der Waals surface area (Å²) in [6, 6.07) is 6.91. The van der Waals surface area contributed by atoms with E-state index in [0.717, 1.165) is 12.0 Å². The highest BCUT2D eigenvalue weighted by atomic mass is 35.5.